The van der Waals surface area contributed by atoms with Crippen molar-refractivity contribution in [3.8, 4) is 23.3 Å². The van der Waals surface area contributed by atoms with Crippen molar-refractivity contribution in [1.29, 1.82) is 5.26 Å². The van der Waals surface area contributed by atoms with Gasteiger partial charge in [-0.15, -0.1) is 0 Å². The van der Waals surface area contributed by atoms with Gasteiger partial charge in [-0.3, -0.25) is 9.59 Å². The maximum atomic E-state index is 12.3. The van der Waals surface area contributed by atoms with Crippen molar-refractivity contribution in [1.82, 2.24) is 10.7 Å². The van der Waals surface area contributed by atoms with E-state index in [-0.39, 0.29) is 13.2 Å². The molecular formula is C26H23IN4O5. The normalized spacial score (nSPS) is 10.4. The van der Waals surface area contributed by atoms with E-state index in [1.165, 1.54) is 20.4 Å². The van der Waals surface area contributed by atoms with E-state index in [1.807, 2.05) is 18.2 Å². The molecule has 0 radical (unpaired) electrons. The van der Waals surface area contributed by atoms with Gasteiger partial charge in [-0.1, -0.05) is 30.3 Å². The smallest absolute Gasteiger partial charge is 0.259 e. The van der Waals surface area contributed by atoms with Gasteiger partial charge in [0.05, 0.1) is 47.7 Å². The van der Waals surface area contributed by atoms with Crippen LogP contribution in [0.2, 0.25) is 0 Å². The van der Waals surface area contributed by atoms with E-state index in [0.717, 1.165) is 9.13 Å². The Morgan fingerprint density at radius 2 is 1.78 bits per heavy atom. The summed E-state index contributed by atoms with van der Waals surface area (Å²) in [5.41, 5.74) is 4.69. The highest BCUT2D eigenvalue weighted by atomic mass is 127. The third-order valence-electron chi connectivity index (χ3n) is 4.93. The summed E-state index contributed by atoms with van der Waals surface area (Å²) in [6.45, 7) is -0.0494. The molecule has 184 valence electrons. The zero-order valence-corrected chi connectivity index (χ0v) is 21.7. The van der Waals surface area contributed by atoms with Crippen LogP contribution in [0.3, 0.4) is 0 Å². The number of nitrogens with zero attached hydrogens (tertiary/aromatic N) is 2. The number of nitriles is 1. The summed E-state index contributed by atoms with van der Waals surface area (Å²) in [5, 5.41) is 15.7. The first-order valence-electron chi connectivity index (χ1n) is 10.7. The molecular weight excluding hydrogens is 575 g/mol. The van der Waals surface area contributed by atoms with Crippen LogP contribution in [0.25, 0.3) is 0 Å². The van der Waals surface area contributed by atoms with Gasteiger partial charge in [0.1, 0.15) is 12.4 Å². The topological polar surface area (TPSA) is 122 Å². The molecule has 3 aromatic rings. The van der Waals surface area contributed by atoms with Crippen LogP contribution in [0.15, 0.2) is 65.8 Å². The van der Waals surface area contributed by atoms with Crippen LogP contribution in [0.5, 0.6) is 17.2 Å². The number of hydrazone groups is 1. The lowest BCUT2D eigenvalue weighted by molar-refractivity contribution is -0.120. The van der Waals surface area contributed by atoms with Crippen molar-refractivity contribution in [2.45, 2.75) is 6.61 Å². The lowest BCUT2D eigenvalue weighted by Crippen LogP contribution is -2.35. The molecule has 0 aliphatic heterocycles. The van der Waals surface area contributed by atoms with Gasteiger partial charge in [0.15, 0.2) is 11.5 Å². The van der Waals surface area contributed by atoms with E-state index in [1.54, 1.807) is 42.5 Å². The number of amides is 2. The van der Waals surface area contributed by atoms with Gasteiger partial charge in [0, 0.05) is 5.56 Å². The number of ether oxygens (including phenoxy) is 3. The number of rotatable bonds is 10. The van der Waals surface area contributed by atoms with E-state index in [9.17, 15) is 14.9 Å². The number of benzene rings is 3. The molecule has 2 amide bonds. The van der Waals surface area contributed by atoms with Gasteiger partial charge < -0.3 is 19.5 Å². The summed E-state index contributed by atoms with van der Waals surface area (Å²) in [7, 11) is 2.99. The van der Waals surface area contributed by atoms with Crippen LogP contribution < -0.4 is 25.0 Å². The van der Waals surface area contributed by atoms with Crippen molar-refractivity contribution >= 4 is 40.6 Å². The van der Waals surface area contributed by atoms with Crippen molar-refractivity contribution in [2.24, 2.45) is 5.10 Å². The number of methoxy groups -OCH3 is 2. The molecule has 0 saturated carbocycles. The Balaban J connectivity index is 1.59. The number of hydrogen-bond acceptors (Lipinski definition) is 7. The SMILES string of the molecule is COc1ccccc1C(=O)NCC(=O)NN=Cc1cc(I)c(OCc2ccccc2C#N)c(OC)c1. The maximum Gasteiger partial charge on any atom is 0.259 e. The maximum absolute atomic E-state index is 12.3. The van der Waals surface area contributed by atoms with Crippen molar-refractivity contribution in [3.05, 3.63) is 86.5 Å². The number of hydrogen-bond donors (Lipinski definition) is 2. The Hall–Kier alpha value is -4.11. The summed E-state index contributed by atoms with van der Waals surface area (Å²) < 4.78 is 17.3. The van der Waals surface area contributed by atoms with Gasteiger partial charge in [0.2, 0.25) is 0 Å². The third-order valence-corrected chi connectivity index (χ3v) is 5.73. The Morgan fingerprint density at radius 3 is 2.53 bits per heavy atom. The molecule has 3 aromatic carbocycles. The van der Waals surface area contributed by atoms with E-state index in [4.69, 9.17) is 14.2 Å². The predicted molar refractivity (Wildman–Crippen MR) is 142 cm³/mol. The van der Waals surface area contributed by atoms with Crippen LogP contribution in [-0.2, 0) is 11.4 Å². The predicted octanol–water partition coefficient (Wildman–Crippen LogP) is 3.64. The highest BCUT2D eigenvalue weighted by Crippen LogP contribution is 2.34. The minimum atomic E-state index is -0.493. The molecule has 9 nitrogen and oxygen atoms in total. The van der Waals surface area contributed by atoms with Crippen LogP contribution >= 0.6 is 22.6 Å². The fourth-order valence-corrected chi connectivity index (χ4v) is 3.95. The zero-order valence-electron chi connectivity index (χ0n) is 19.6. The van der Waals surface area contributed by atoms with Gasteiger partial charge >= 0.3 is 0 Å². The number of para-hydroxylation sites is 1. The Labute approximate surface area is 222 Å². The second-order valence-corrected chi connectivity index (χ2v) is 8.43. The Bertz CT molecular complexity index is 1320. The fourth-order valence-electron chi connectivity index (χ4n) is 3.17. The molecule has 10 heteroatoms. The van der Waals surface area contributed by atoms with Crippen LogP contribution in [-0.4, -0.2) is 38.8 Å². The van der Waals surface area contributed by atoms with Crippen molar-refractivity contribution in [2.75, 3.05) is 20.8 Å². The van der Waals surface area contributed by atoms with Crippen LogP contribution in [0.1, 0.15) is 27.0 Å². The second-order valence-electron chi connectivity index (χ2n) is 7.27. The number of nitrogens with one attached hydrogen (secondary N) is 2. The molecule has 2 N–H and O–H groups in total. The first-order chi connectivity index (χ1) is 17.5. The molecule has 3 rings (SSSR count). The van der Waals surface area contributed by atoms with Gasteiger partial charge in [-0.05, 0) is 58.5 Å². The van der Waals surface area contributed by atoms with E-state index >= 15 is 0 Å². The average molecular weight is 598 g/mol. The summed E-state index contributed by atoms with van der Waals surface area (Å²) in [6.07, 6.45) is 1.46. The third kappa shape index (κ3) is 6.96. The lowest BCUT2D eigenvalue weighted by atomic mass is 10.1. The van der Waals surface area contributed by atoms with Gasteiger partial charge in [0.25, 0.3) is 11.8 Å². The molecule has 0 spiro atoms. The summed E-state index contributed by atoms with van der Waals surface area (Å²) in [4.78, 5) is 24.4. The summed E-state index contributed by atoms with van der Waals surface area (Å²) in [6, 6.07) is 19.6. The number of halogens is 1. The molecule has 0 aromatic heterocycles. The average Bonchev–Trinajstić information content (AvgIpc) is 2.90. The number of carbonyl (C=O) groups excluding carboxylic acids is 2. The highest BCUT2D eigenvalue weighted by Gasteiger charge is 2.14. The molecule has 0 fully saturated rings. The van der Waals surface area contributed by atoms with Crippen LogP contribution in [0, 0.1) is 14.9 Å². The Kier molecular flexibility index (Phi) is 9.64. The largest absolute Gasteiger partial charge is 0.496 e. The van der Waals surface area contributed by atoms with Crippen molar-refractivity contribution < 1.29 is 23.8 Å². The van der Waals surface area contributed by atoms with E-state index < -0.39 is 11.8 Å². The zero-order chi connectivity index (χ0) is 25.9. The highest BCUT2D eigenvalue weighted by molar-refractivity contribution is 14.1. The molecule has 36 heavy (non-hydrogen) atoms. The van der Waals surface area contributed by atoms with Crippen LogP contribution in [0.4, 0.5) is 0 Å². The molecule has 0 atom stereocenters. The first kappa shape index (κ1) is 26.5. The summed E-state index contributed by atoms with van der Waals surface area (Å²) in [5.74, 6) is 0.504. The van der Waals surface area contributed by atoms with Gasteiger partial charge in [-0.25, -0.2) is 5.43 Å². The molecule has 0 aliphatic carbocycles. The van der Waals surface area contributed by atoms with E-state index in [2.05, 4.69) is 44.5 Å². The quantitative estimate of drug-likeness (QED) is 0.209. The monoisotopic (exact) mass is 598 g/mol. The molecule has 0 aliphatic rings. The minimum Gasteiger partial charge on any atom is -0.496 e. The molecule has 0 saturated heterocycles. The second kappa shape index (κ2) is 13.1. The van der Waals surface area contributed by atoms with Crippen molar-refractivity contribution in [3.63, 3.8) is 0 Å². The first-order valence-corrected chi connectivity index (χ1v) is 11.8. The molecule has 0 heterocycles. The molecule has 0 unspecified atom stereocenters. The number of carbonyl (C=O) groups is 2. The Morgan fingerprint density at radius 1 is 1.06 bits per heavy atom. The summed E-state index contributed by atoms with van der Waals surface area (Å²) >= 11 is 2.12. The fraction of sp³-hybridized carbons (Fsp3) is 0.154. The lowest BCUT2D eigenvalue weighted by Gasteiger charge is -2.14. The molecule has 0 bridgehead atoms. The van der Waals surface area contributed by atoms with E-state index in [0.29, 0.717) is 33.9 Å². The minimum absolute atomic E-state index is 0.208. The van der Waals surface area contributed by atoms with Gasteiger partial charge in [-0.2, -0.15) is 10.4 Å². The standard InChI is InChI=1S/C26H23IN4O5/c1-34-22-10-6-5-9-20(22)26(33)29-15-24(32)31-30-14-17-11-21(27)25(23(12-17)35-2)36-16-19-8-4-3-7-18(19)13-28/h3-12,14H,15-16H2,1-2H3,(H,29,33)(H,31,32).